The molecule has 7 heteroatoms. The van der Waals surface area contributed by atoms with Gasteiger partial charge in [0.1, 0.15) is 23.1 Å². The second-order valence-electron chi connectivity index (χ2n) is 5.34. The highest BCUT2D eigenvalue weighted by Gasteiger charge is 2.18. The van der Waals surface area contributed by atoms with Crippen LogP contribution in [-0.2, 0) is 11.2 Å². The molecule has 0 aliphatic heterocycles. The molecule has 0 fully saturated rings. The van der Waals surface area contributed by atoms with E-state index in [1.54, 1.807) is 42.5 Å². The largest absolute Gasteiger partial charge is 0.496 e. The Balaban J connectivity index is 2.15. The molecule has 7 nitrogen and oxygen atoms in total. The van der Waals surface area contributed by atoms with E-state index in [-0.39, 0.29) is 12.3 Å². The highest BCUT2D eigenvalue weighted by Crippen LogP contribution is 2.29. The molecule has 2 aromatic rings. The van der Waals surface area contributed by atoms with Crippen molar-refractivity contribution >= 4 is 17.6 Å². The molecule has 0 saturated carbocycles. The highest BCUT2D eigenvalue weighted by atomic mass is 16.5. The number of nitrogens with two attached hydrogens (primary N) is 1. The van der Waals surface area contributed by atoms with Crippen molar-refractivity contribution in [2.24, 2.45) is 5.73 Å². The molecule has 0 heterocycles. The number of hydrogen-bond donors (Lipinski definition) is 3. The lowest BCUT2D eigenvalue weighted by atomic mass is 10.1. The van der Waals surface area contributed by atoms with Gasteiger partial charge in [0, 0.05) is 5.69 Å². The van der Waals surface area contributed by atoms with Crippen LogP contribution in [0.2, 0.25) is 0 Å². The third-order valence-electron chi connectivity index (χ3n) is 3.64. The zero-order valence-corrected chi connectivity index (χ0v) is 14.0. The molecule has 25 heavy (non-hydrogen) atoms. The zero-order valence-electron chi connectivity index (χ0n) is 14.0. The summed E-state index contributed by atoms with van der Waals surface area (Å²) in [5.74, 6) is -0.619. The van der Waals surface area contributed by atoms with E-state index in [4.69, 9.17) is 20.3 Å². The average molecular weight is 344 g/mol. The van der Waals surface area contributed by atoms with Crippen molar-refractivity contribution in [2.45, 2.75) is 12.5 Å². The van der Waals surface area contributed by atoms with Crippen LogP contribution in [0.15, 0.2) is 42.5 Å². The van der Waals surface area contributed by atoms with Gasteiger partial charge in [0.05, 0.1) is 14.2 Å². The van der Waals surface area contributed by atoms with E-state index >= 15 is 0 Å². The first-order chi connectivity index (χ1) is 12.0. The van der Waals surface area contributed by atoms with Gasteiger partial charge in [0.2, 0.25) is 0 Å². The van der Waals surface area contributed by atoms with E-state index in [0.29, 0.717) is 22.7 Å². The number of carboxylic acid groups (broad SMARTS) is 1. The summed E-state index contributed by atoms with van der Waals surface area (Å²) in [6.07, 6.45) is 0.212. The van der Waals surface area contributed by atoms with Gasteiger partial charge in [-0.25, -0.2) is 0 Å². The van der Waals surface area contributed by atoms with Crippen LogP contribution in [0, 0.1) is 0 Å². The third-order valence-corrected chi connectivity index (χ3v) is 3.64. The SMILES string of the molecule is COc1cccc(OC)c1C(=O)Nc1ccc(C[C@H](N)C(=O)O)cc1. The normalized spacial score (nSPS) is 11.5. The molecule has 0 radical (unpaired) electrons. The van der Waals surface area contributed by atoms with Crippen LogP contribution in [0.5, 0.6) is 11.5 Å². The van der Waals surface area contributed by atoms with Crippen LogP contribution < -0.4 is 20.5 Å². The lowest BCUT2D eigenvalue weighted by Crippen LogP contribution is -2.32. The molecule has 1 amide bonds. The third kappa shape index (κ3) is 4.48. The topological polar surface area (TPSA) is 111 Å². The summed E-state index contributed by atoms with van der Waals surface area (Å²) in [4.78, 5) is 23.3. The standard InChI is InChI=1S/C18H20N2O5/c1-24-14-4-3-5-15(25-2)16(14)17(21)20-12-8-6-11(7-9-12)10-13(19)18(22)23/h3-9,13H,10,19H2,1-2H3,(H,20,21)(H,22,23)/t13-/m0/s1. The van der Waals surface area contributed by atoms with E-state index in [1.807, 2.05) is 0 Å². The van der Waals surface area contributed by atoms with Gasteiger partial charge in [0.25, 0.3) is 5.91 Å². The molecule has 2 rings (SSSR count). The maximum atomic E-state index is 12.6. The first-order valence-corrected chi connectivity index (χ1v) is 7.56. The number of hydrogen-bond acceptors (Lipinski definition) is 5. The minimum atomic E-state index is -1.05. The fraction of sp³-hybridized carbons (Fsp3) is 0.222. The number of ether oxygens (including phenoxy) is 2. The number of benzene rings is 2. The second-order valence-corrected chi connectivity index (χ2v) is 5.34. The van der Waals surface area contributed by atoms with Gasteiger partial charge < -0.3 is 25.6 Å². The van der Waals surface area contributed by atoms with Crippen molar-refractivity contribution in [3.63, 3.8) is 0 Å². The number of carboxylic acids is 1. The molecule has 0 aromatic heterocycles. The lowest BCUT2D eigenvalue weighted by molar-refractivity contribution is -0.138. The van der Waals surface area contributed by atoms with Crippen LogP contribution in [0.4, 0.5) is 5.69 Å². The van der Waals surface area contributed by atoms with Gasteiger partial charge in [-0.05, 0) is 36.2 Å². The predicted octanol–water partition coefficient (Wildman–Crippen LogP) is 1.91. The highest BCUT2D eigenvalue weighted by molar-refractivity contribution is 6.08. The maximum Gasteiger partial charge on any atom is 0.320 e. The molecule has 0 unspecified atom stereocenters. The van der Waals surface area contributed by atoms with Gasteiger partial charge in [-0.2, -0.15) is 0 Å². The van der Waals surface area contributed by atoms with Gasteiger partial charge in [-0.1, -0.05) is 18.2 Å². The van der Waals surface area contributed by atoms with Crippen molar-refractivity contribution in [1.82, 2.24) is 0 Å². The van der Waals surface area contributed by atoms with Crippen LogP contribution in [0.25, 0.3) is 0 Å². The number of rotatable bonds is 7. The second kappa shape index (κ2) is 8.16. The lowest BCUT2D eigenvalue weighted by Gasteiger charge is -2.13. The van der Waals surface area contributed by atoms with Gasteiger partial charge in [0.15, 0.2) is 0 Å². The smallest absolute Gasteiger partial charge is 0.320 e. The monoisotopic (exact) mass is 344 g/mol. The first-order valence-electron chi connectivity index (χ1n) is 7.56. The first kappa shape index (κ1) is 18.3. The molecule has 0 saturated heterocycles. The minimum Gasteiger partial charge on any atom is -0.496 e. The van der Waals surface area contributed by atoms with Crippen molar-refractivity contribution in [3.8, 4) is 11.5 Å². The summed E-state index contributed by atoms with van der Waals surface area (Å²) in [6.45, 7) is 0. The van der Waals surface area contributed by atoms with Gasteiger partial charge in [-0.15, -0.1) is 0 Å². The molecular weight excluding hydrogens is 324 g/mol. The molecule has 4 N–H and O–H groups in total. The number of anilines is 1. The van der Waals surface area contributed by atoms with E-state index < -0.39 is 12.0 Å². The van der Waals surface area contributed by atoms with E-state index in [2.05, 4.69) is 5.32 Å². The van der Waals surface area contributed by atoms with Crippen LogP contribution in [0.3, 0.4) is 0 Å². The Labute approximate surface area is 145 Å². The van der Waals surface area contributed by atoms with Crippen LogP contribution in [-0.4, -0.2) is 37.2 Å². The van der Waals surface area contributed by atoms with Gasteiger partial charge in [-0.3, -0.25) is 9.59 Å². The number of nitrogens with one attached hydrogen (secondary N) is 1. The van der Waals surface area contributed by atoms with E-state index in [0.717, 1.165) is 5.56 Å². The Morgan fingerprint density at radius 3 is 2.12 bits per heavy atom. The Kier molecular flexibility index (Phi) is 5.97. The summed E-state index contributed by atoms with van der Waals surface area (Å²) in [5, 5.41) is 11.6. The number of carbonyl (C=O) groups is 2. The van der Waals surface area contributed by atoms with Crippen molar-refractivity contribution in [2.75, 3.05) is 19.5 Å². The molecule has 1 atom stereocenters. The summed E-state index contributed by atoms with van der Waals surface area (Å²) >= 11 is 0. The molecule has 0 spiro atoms. The minimum absolute atomic E-state index is 0.212. The molecule has 132 valence electrons. The Bertz CT molecular complexity index is 736. The number of methoxy groups -OCH3 is 2. The van der Waals surface area contributed by atoms with Crippen LogP contribution in [0.1, 0.15) is 15.9 Å². The van der Waals surface area contributed by atoms with Crippen molar-refractivity contribution in [3.05, 3.63) is 53.6 Å². The Hall–Kier alpha value is -3.06. The van der Waals surface area contributed by atoms with Gasteiger partial charge >= 0.3 is 5.97 Å². The Morgan fingerprint density at radius 2 is 1.64 bits per heavy atom. The summed E-state index contributed by atoms with van der Waals surface area (Å²) in [6, 6.07) is 10.9. The fourth-order valence-corrected chi connectivity index (χ4v) is 2.33. The molecule has 0 bridgehead atoms. The number of carbonyl (C=O) groups excluding carboxylic acids is 1. The summed E-state index contributed by atoms with van der Waals surface area (Å²) < 4.78 is 10.4. The zero-order chi connectivity index (χ0) is 18.4. The van der Waals surface area contributed by atoms with Crippen LogP contribution >= 0.6 is 0 Å². The maximum absolute atomic E-state index is 12.6. The number of amides is 1. The summed E-state index contributed by atoms with van der Waals surface area (Å²) in [5.41, 5.74) is 7.13. The average Bonchev–Trinajstić information content (AvgIpc) is 2.62. The quantitative estimate of drug-likeness (QED) is 0.707. The van der Waals surface area contributed by atoms with E-state index in [1.165, 1.54) is 14.2 Å². The van der Waals surface area contributed by atoms with E-state index in [9.17, 15) is 9.59 Å². The Morgan fingerprint density at radius 1 is 1.08 bits per heavy atom. The molecule has 2 aromatic carbocycles. The fourth-order valence-electron chi connectivity index (χ4n) is 2.33. The summed E-state index contributed by atoms with van der Waals surface area (Å²) in [7, 11) is 2.96. The molecular formula is C18H20N2O5. The molecule has 0 aliphatic rings. The van der Waals surface area contributed by atoms with Crippen molar-refractivity contribution in [1.29, 1.82) is 0 Å². The predicted molar refractivity (Wildman–Crippen MR) is 93.3 cm³/mol. The molecule has 0 aliphatic carbocycles. The number of aliphatic carboxylic acids is 1. The van der Waals surface area contributed by atoms with Crippen molar-refractivity contribution < 1.29 is 24.2 Å².